The molecular weight excluding hydrogens is 265 g/mol. The summed E-state index contributed by atoms with van der Waals surface area (Å²) in [5.74, 6) is -0.881. The van der Waals surface area contributed by atoms with Gasteiger partial charge in [0.05, 0.1) is 11.0 Å². The van der Waals surface area contributed by atoms with Gasteiger partial charge in [-0.05, 0) is 18.1 Å². The maximum atomic E-state index is 13.2. The van der Waals surface area contributed by atoms with Gasteiger partial charge in [0, 0.05) is 38.8 Å². The van der Waals surface area contributed by atoms with Crippen molar-refractivity contribution in [1.29, 1.82) is 0 Å². The van der Waals surface area contributed by atoms with Crippen molar-refractivity contribution in [2.75, 3.05) is 32.7 Å². The zero-order valence-electron chi connectivity index (χ0n) is 11.1. The van der Waals surface area contributed by atoms with Crippen molar-refractivity contribution in [2.45, 2.75) is 12.5 Å². The minimum Gasteiger partial charge on any atom is -0.388 e. The summed E-state index contributed by atoms with van der Waals surface area (Å²) in [5, 5.41) is 24.0. The number of aliphatic hydroxyl groups excluding tert-OH is 1. The highest BCUT2D eigenvalue weighted by atomic mass is 19.1. The number of hydrogen-bond donors (Lipinski definition) is 2. The number of nitrogens with one attached hydrogen (secondary N) is 1. The van der Waals surface area contributed by atoms with Crippen molar-refractivity contribution >= 4 is 5.69 Å². The summed E-state index contributed by atoms with van der Waals surface area (Å²) in [7, 11) is 0. The molecule has 1 aliphatic heterocycles. The molecule has 0 aliphatic carbocycles. The Morgan fingerprint density at radius 1 is 1.45 bits per heavy atom. The van der Waals surface area contributed by atoms with E-state index in [4.69, 9.17) is 0 Å². The van der Waals surface area contributed by atoms with E-state index in [1.165, 1.54) is 6.07 Å². The van der Waals surface area contributed by atoms with E-state index >= 15 is 0 Å². The van der Waals surface area contributed by atoms with Gasteiger partial charge in [0.1, 0.15) is 0 Å². The third-order valence-corrected chi connectivity index (χ3v) is 3.48. The van der Waals surface area contributed by atoms with E-state index in [1.807, 2.05) is 0 Å². The number of benzene rings is 1. The quantitative estimate of drug-likeness (QED) is 0.624. The van der Waals surface area contributed by atoms with Crippen molar-refractivity contribution in [3.05, 3.63) is 39.7 Å². The summed E-state index contributed by atoms with van der Waals surface area (Å²) in [5.41, 5.74) is -0.211. The van der Waals surface area contributed by atoms with Gasteiger partial charge < -0.3 is 15.3 Å². The third kappa shape index (κ3) is 3.72. The van der Waals surface area contributed by atoms with Gasteiger partial charge in [-0.15, -0.1) is 0 Å². The number of nitro groups is 1. The summed E-state index contributed by atoms with van der Waals surface area (Å²) in [6, 6.07) is 3.53. The van der Waals surface area contributed by atoms with Crippen molar-refractivity contribution in [2.24, 2.45) is 0 Å². The number of hydrogen-bond acceptors (Lipinski definition) is 5. The SMILES string of the molecule is O=[N+]([O-])c1cc(C(O)CCN2CCNCC2)ccc1F. The molecule has 0 radical (unpaired) electrons. The first-order valence-corrected chi connectivity index (χ1v) is 6.63. The molecule has 7 heteroatoms. The standard InChI is InChI=1S/C13H18FN3O3/c14-11-2-1-10(9-12(11)17(19)20)13(18)3-6-16-7-4-15-5-8-16/h1-2,9,13,15,18H,3-8H2. The molecule has 0 bridgehead atoms. The molecule has 1 aliphatic rings. The van der Waals surface area contributed by atoms with Crippen LogP contribution in [0.25, 0.3) is 0 Å². The van der Waals surface area contributed by atoms with Crippen LogP contribution < -0.4 is 5.32 Å². The van der Waals surface area contributed by atoms with E-state index in [0.717, 1.165) is 38.3 Å². The van der Waals surface area contributed by atoms with Gasteiger partial charge in [-0.3, -0.25) is 10.1 Å². The van der Waals surface area contributed by atoms with Crippen molar-refractivity contribution < 1.29 is 14.4 Å². The number of nitro benzene ring substituents is 1. The molecule has 1 unspecified atom stereocenters. The van der Waals surface area contributed by atoms with E-state index in [9.17, 15) is 19.6 Å². The van der Waals surface area contributed by atoms with E-state index in [0.29, 0.717) is 18.5 Å². The molecule has 2 rings (SSSR count). The van der Waals surface area contributed by atoms with Gasteiger partial charge in [0.25, 0.3) is 0 Å². The zero-order chi connectivity index (χ0) is 14.5. The fraction of sp³-hybridized carbons (Fsp3) is 0.538. The molecule has 1 saturated heterocycles. The van der Waals surface area contributed by atoms with E-state index in [1.54, 1.807) is 0 Å². The average Bonchev–Trinajstić information content (AvgIpc) is 2.46. The fourth-order valence-electron chi connectivity index (χ4n) is 2.28. The van der Waals surface area contributed by atoms with Crippen molar-refractivity contribution in [3.8, 4) is 0 Å². The summed E-state index contributed by atoms with van der Waals surface area (Å²) in [4.78, 5) is 12.1. The first-order chi connectivity index (χ1) is 9.58. The van der Waals surface area contributed by atoms with Gasteiger partial charge in [-0.2, -0.15) is 4.39 Å². The van der Waals surface area contributed by atoms with Gasteiger partial charge >= 0.3 is 5.69 Å². The highest BCUT2D eigenvalue weighted by Crippen LogP contribution is 2.24. The molecule has 1 aromatic rings. The lowest BCUT2D eigenvalue weighted by Gasteiger charge is -2.27. The van der Waals surface area contributed by atoms with Gasteiger partial charge in [-0.1, -0.05) is 6.07 Å². The minimum atomic E-state index is -0.881. The molecule has 0 saturated carbocycles. The largest absolute Gasteiger partial charge is 0.388 e. The Hall–Kier alpha value is -1.57. The third-order valence-electron chi connectivity index (χ3n) is 3.48. The molecule has 1 aromatic carbocycles. The first-order valence-electron chi connectivity index (χ1n) is 6.63. The normalized spacial score (nSPS) is 17.9. The lowest BCUT2D eigenvalue weighted by Crippen LogP contribution is -2.44. The van der Waals surface area contributed by atoms with Crippen LogP contribution in [0.15, 0.2) is 18.2 Å². The van der Waals surface area contributed by atoms with Crippen LogP contribution in [0.1, 0.15) is 18.1 Å². The summed E-state index contributed by atoms with van der Waals surface area (Å²) < 4.78 is 13.2. The van der Waals surface area contributed by atoms with Gasteiger partial charge in [-0.25, -0.2) is 0 Å². The van der Waals surface area contributed by atoms with E-state index in [-0.39, 0.29) is 0 Å². The van der Waals surface area contributed by atoms with Crippen LogP contribution >= 0.6 is 0 Å². The smallest absolute Gasteiger partial charge is 0.305 e. The highest BCUT2D eigenvalue weighted by Gasteiger charge is 2.18. The number of rotatable bonds is 5. The van der Waals surface area contributed by atoms with Crippen LogP contribution in [0.5, 0.6) is 0 Å². The molecular formula is C13H18FN3O3. The molecule has 1 heterocycles. The molecule has 110 valence electrons. The Labute approximate surface area is 116 Å². The molecule has 0 amide bonds. The Morgan fingerprint density at radius 2 is 2.15 bits per heavy atom. The maximum absolute atomic E-state index is 13.2. The molecule has 1 fully saturated rings. The summed E-state index contributed by atoms with van der Waals surface area (Å²) >= 11 is 0. The molecule has 6 nitrogen and oxygen atoms in total. The van der Waals surface area contributed by atoms with Crippen LogP contribution in [0.3, 0.4) is 0 Å². The second-order valence-electron chi connectivity index (χ2n) is 4.86. The summed E-state index contributed by atoms with van der Waals surface area (Å²) in [6.45, 7) is 4.43. The average molecular weight is 283 g/mol. The monoisotopic (exact) mass is 283 g/mol. The molecule has 20 heavy (non-hydrogen) atoms. The Bertz CT molecular complexity index is 478. The molecule has 0 aromatic heterocycles. The Balaban J connectivity index is 1.96. The van der Waals surface area contributed by atoms with Crippen LogP contribution in [-0.2, 0) is 0 Å². The number of halogens is 1. The Kier molecular flexibility index (Phi) is 4.99. The van der Waals surface area contributed by atoms with Gasteiger partial charge in [0.2, 0.25) is 5.82 Å². The molecule has 1 atom stereocenters. The molecule has 2 N–H and O–H groups in total. The van der Waals surface area contributed by atoms with Crippen molar-refractivity contribution in [1.82, 2.24) is 10.2 Å². The number of nitrogens with zero attached hydrogens (tertiary/aromatic N) is 2. The highest BCUT2D eigenvalue weighted by molar-refractivity contribution is 5.37. The predicted molar refractivity (Wildman–Crippen MR) is 71.9 cm³/mol. The Morgan fingerprint density at radius 3 is 2.80 bits per heavy atom. The lowest BCUT2D eigenvalue weighted by atomic mass is 10.1. The fourth-order valence-corrected chi connectivity index (χ4v) is 2.28. The number of aliphatic hydroxyl groups is 1. The topological polar surface area (TPSA) is 78.6 Å². The molecule has 0 spiro atoms. The zero-order valence-corrected chi connectivity index (χ0v) is 11.1. The van der Waals surface area contributed by atoms with Crippen LogP contribution in [-0.4, -0.2) is 47.7 Å². The van der Waals surface area contributed by atoms with Crippen molar-refractivity contribution in [3.63, 3.8) is 0 Å². The van der Waals surface area contributed by atoms with E-state index in [2.05, 4.69) is 10.2 Å². The second-order valence-corrected chi connectivity index (χ2v) is 4.86. The van der Waals surface area contributed by atoms with Crippen LogP contribution in [0.2, 0.25) is 0 Å². The number of piperazine rings is 1. The maximum Gasteiger partial charge on any atom is 0.305 e. The van der Waals surface area contributed by atoms with Crippen LogP contribution in [0.4, 0.5) is 10.1 Å². The minimum absolute atomic E-state index is 0.383. The van der Waals surface area contributed by atoms with Crippen LogP contribution in [0, 0.1) is 15.9 Å². The second kappa shape index (κ2) is 6.74. The lowest BCUT2D eigenvalue weighted by molar-refractivity contribution is -0.387. The van der Waals surface area contributed by atoms with E-state index < -0.39 is 22.5 Å². The first kappa shape index (κ1) is 14.8. The predicted octanol–water partition coefficient (Wildman–Crippen LogP) is 1.06. The summed E-state index contributed by atoms with van der Waals surface area (Å²) in [6.07, 6.45) is -0.341. The van der Waals surface area contributed by atoms with Gasteiger partial charge in [0.15, 0.2) is 0 Å².